The zero-order chi connectivity index (χ0) is 23.6. The molecule has 9 heteroatoms. The molecular formula is C23H28F3N5O. The molecule has 32 heavy (non-hydrogen) atoms. The highest BCUT2D eigenvalue weighted by atomic mass is 19.4. The number of nitrogens with one attached hydrogen (secondary N) is 1. The van der Waals surface area contributed by atoms with Crippen molar-refractivity contribution in [1.29, 1.82) is 0 Å². The monoisotopic (exact) mass is 447 g/mol. The van der Waals surface area contributed by atoms with Crippen LogP contribution in [0.2, 0.25) is 0 Å². The Kier molecular flexibility index (Phi) is 9.12. The van der Waals surface area contributed by atoms with E-state index in [4.69, 9.17) is 11.5 Å². The lowest BCUT2D eigenvalue weighted by atomic mass is 10.1. The van der Waals surface area contributed by atoms with Gasteiger partial charge in [0.2, 0.25) is 0 Å². The highest BCUT2D eigenvalue weighted by Gasteiger charge is 2.30. The minimum Gasteiger partial charge on any atom is -0.398 e. The van der Waals surface area contributed by atoms with E-state index >= 15 is 0 Å². The van der Waals surface area contributed by atoms with Gasteiger partial charge in [0.1, 0.15) is 5.84 Å². The Morgan fingerprint density at radius 3 is 2.47 bits per heavy atom. The lowest BCUT2D eigenvalue weighted by Gasteiger charge is -2.29. The van der Waals surface area contributed by atoms with Gasteiger partial charge in [-0.1, -0.05) is 6.07 Å². The summed E-state index contributed by atoms with van der Waals surface area (Å²) < 4.78 is 37.2. The van der Waals surface area contributed by atoms with Crippen LogP contribution in [0.5, 0.6) is 0 Å². The number of rotatable bonds is 5. The van der Waals surface area contributed by atoms with Crippen LogP contribution in [0.1, 0.15) is 35.2 Å². The van der Waals surface area contributed by atoms with Crippen LogP contribution in [-0.2, 0) is 6.18 Å². The summed E-state index contributed by atoms with van der Waals surface area (Å²) in [7, 11) is 1.52. The van der Waals surface area contributed by atoms with Gasteiger partial charge >= 0.3 is 6.18 Å². The molecule has 1 aliphatic heterocycles. The Labute approximate surface area is 185 Å². The first-order chi connectivity index (χ1) is 15.2. The topological polar surface area (TPSA) is 96.7 Å². The fraction of sp³-hybridized carbons (Fsp3) is 0.304. The molecule has 0 atom stereocenters. The number of piperidine rings is 1. The van der Waals surface area contributed by atoms with Gasteiger partial charge in [0, 0.05) is 49.0 Å². The number of aldehydes is 1. The Bertz CT molecular complexity index is 951. The second-order valence-corrected chi connectivity index (χ2v) is 7.18. The van der Waals surface area contributed by atoms with Crippen LogP contribution in [-0.4, -0.2) is 32.3 Å². The molecule has 0 amide bonds. The summed E-state index contributed by atoms with van der Waals surface area (Å²) in [6, 6.07) is 10.6. The Morgan fingerprint density at radius 1 is 1.12 bits per heavy atom. The van der Waals surface area contributed by atoms with Gasteiger partial charge in [-0.2, -0.15) is 13.2 Å². The lowest BCUT2D eigenvalue weighted by Crippen LogP contribution is -2.29. The average Bonchev–Trinajstić information content (AvgIpc) is 2.80. The fourth-order valence-corrected chi connectivity index (χ4v) is 3.10. The molecule has 2 aromatic rings. The third kappa shape index (κ3) is 7.64. The van der Waals surface area contributed by atoms with Gasteiger partial charge in [-0.25, -0.2) is 0 Å². The molecule has 1 heterocycles. The number of amidine groups is 1. The maximum absolute atomic E-state index is 12.4. The Balaban J connectivity index is 0.000000228. The Morgan fingerprint density at radius 2 is 1.84 bits per heavy atom. The molecule has 0 aromatic heterocycles. The smallest absolute Gasteiger partial charge is 0.398 e. The molecule has 172 valence electrons. The summed E-state index contributed by atoms with van der Waals surface area (Å²) in [5, 5.41) is 2.68. The number of anilines is 3. The van der Waals surface area contributed by atoms with Crippen molar-refractivity contribution in [3.63, 3.8) is 0 Å². The summed E-state index contributed by atoms with van der Waals surface area (Å²) in [4.78, 5) is 16.7. The van der Waals surface area contributed by atoms with Crippen molar-refractivity contribution in [3.05, 3.63) is 65.9 Å². The number of nitrogen functional groups attached to an aromatic ring is 1. The molecule has 0 radical (unpaired) electrons. The molecule has 0 bridgehead atoms. The van der Waals surface area contributed by atoms with Gasteiger partial charge in [0.05, 0.1) is 5.56 Å². The number of alkyl halides is 3. The molecule has 0 aliphatic carbocycles. The van der Waals surface area contributed by atoms with Crippen molar-refractivity contribution in [1.82, 2.24) is 0 Å². The summed E-state index contributed by atoms with van der Waals surface area (Å²) in [6.07, 6.45) is 3.15. The minimum atomic E-state index is -4.34. The summed E-state index contributed by atoms with van der Waals surface area (Å²) >= 11 is 0. The summed E-state index contributed by atoms with van der Waals surface area (Å²) in [5.41, 5.74) is 13.0. The van der Waals surface area contributed by atoms with Gasteiger partial charge in [0.25, 0.3) is 0 Å². The fourth-order valence-electron chi connectivity index (χ4n) is 3.10. The largest absolute Gasteiger partial charge is 0.416 e. The van der Waals surface area contributed by atoms with Gasteiger partial charge in [0.15, 0.2) is 6.29 Å². The van der Waals surface area contributed by atoms with Crippen LogP contribution in [0, 0.1) is 0 Å². The first-order valence-corrected chi connectivity index (χ1v) is 10.2. The van der Waals surface area contributed by atoms with Crippen molar-refractivity contribution in [2.45, 2.75) is 25.4 Å². The van der Waals surface area contributed by atoms with Crippen LogP contribution in [0.4, 0.5) is 30.2 Å². The Hall–Kier alpha value is -3.49. The maximum atomic E-state index is 12.4. The second-order valence-electron chi connectivity index (χ2n) is 7.18. The summed E-state index contributed by atoms with van der Waals surface area (Å²) in [5.74, 6) is 0.282. The number of hydrogen-bond donors (Lipinski definition) is 3. The molecule has 1 saturated heterocycles. The normalized spacial score (nSPS) is 14.6. The van der Waals surface area contributed by atoms with E-state index in [1.165, 1.54) is 50.7 Å². The third-order valence-corrected chi connectivity index (χ3v) is 4.87. The second kappa shape index (κ2) is 11.8. The minimum absolute atomic E-state index is 0.282. The molecule has 0 unspecified atom stereocenters. The number of benzene rings is 2. The van der Waals surface area contributed by atoms with Crippen molar-refractivity contribution in [3.8, 4) is 0 Å². The van der Waals surface area contributed by atoms with Crippen molar-refractivity contribution >= 4 is 29.2 Å². The molecule has 1 aliphatic rings. The number of nitrogens with zero attached hydrogens (tertiary/aromatic N) is 2. The van der Waals surface area contributed by atoms with E-state index in [9.17, 15) is 18.0 Å². The third-order valence-electron chi connectivity index (χ3n) is 4.87. The zero-order valence-electron chi connectivity index (χ0n) is 17.9. The molecule has 0 spiro atoms. The lowest BCUT2D eigenvalue weighted by molar-refractivity contribution is -0.137. The number of carbonyl (C=O) groups is 1. The number of halogens is 3. The van der Waals surface area contributed by atoms with Gasteiger partial charge in [-0.05, 0) is 61.7 Å². The molecule has 6 nitrogen and oxygen atoms in total. The van der Waals surface area contributed by atoms with E-state index in [0.29, 0.717) is 16.9 Å². The maximum Gasteiger partial charge on any atom is 0.416 e. The number of aliphatic imine (C=N–C) groups is 1. The van der Waals surface area contributed by atoms with E-state index in [0.717, 1.165) is 37.2 Å². The van der Waals surface area contributed by atoms with Gasteiger partial charge < -0.3 is 21.7 Å². The van der Waals surface area contributed by atoms with E-state index in [2.05, 4.69) is 15.2 Å². The molecule has 0 saturated carbocycles. The predicted molar refractivity (Wildman–Crippen MR) is 124 cm³/mol. The summed E-state index contributed by atoms with van der Waals surface area (Å²) in [6.45, 7) is 2.17. The predicted octanol–water partition coefficient (Wildman–Crippen LogP) is 4.69. The number of carbonyl (C=O) groups excluding carboxylic acids is 1. The van der Waals surface area contributed by atoms with Crippen LogP contribution in [0.25, 0.3) is 0 Å². The highest BCUT2D eigenvalue weighted by Crippen LogP contribution is 2.30. The van der Waals surface area contributed by atoms with Crippen molar-refractivity contribution in [2.75, 3.05) is 36.1 Å². The molecule has 3 rings (SSSR count). The highest BCUT2D eigenvalue weighted by molar-refractivity contribution is 5.91. The quantitative estimate of drug-likeness (QED) is 0.267. The number of nitrogens with two attached hydrogens (primary N) is 2. The van der Waals surface area contributed by atoms with Crippen LogP contribution < -0.4 is 21.7 Å². The van der Waals surface area contributed by atoms with E-state index in [-0.39, 0.29) is 5.84 Å². The van der Waals surface area contributed by atoms with E-state index in [1.54, 1.807) is 0 Å². The van der Waals surface area contributed by atoms with Crippen molar-refractivity contribution < 1.29 is 18.0 Å². The van der Waals surface area contributed by atoms with Crippen LogP contribution in [0.15, 0.2) is 59.7 Å². The van der Waals surface area contributed by atoms with E-state index < -0.39 is 11.7 Å². The van der Waals surface area contributed by atoms with E-state index in [1.807, 2.05) is 18.2 Å². The molecule has 2 aromatic carbocycles. The number of hydrogen-bond acceptors (Lipinski definition) is 5. The van der Waals surface area contributed by atoms with Gasteiger partial charge in [-0.3, -0.25) is 9.79 Å². The standard InChI is InChI=1S/C12H16N2O.C11H12F3N3/c13-12-5-4-11(8-10(12)9-15)14-6-2-1-3-7-14;1-16-10(15)5-6-17-9-4-2-3-8(7-9)11(12,13)14/h4-5,8-9H,1-3,6-7,13H2;2-7,17H,1H3,(H2,15,16)/b;6-5-. The van der Waals surface area contributed by atoms with Gasteiger partial charge in [-0.15, -0.1) is 0 Å². The average molecular weight is 448 g/mol. The van der Waals surface area contributed by atoms with Crippen LogP contribution >= 0.6 is 0 Å². The molecule has 5 N–H and O–H groups in total. The first kappa shape index (κ1) is 24.8. The zero-order valence-corrected chi connectivity index (χ0v) is 17.9. The molecular weight excluding hydrogens is 419 g/mol. The molecule has 1 fully saturated rings. The first-order valence-electron chi connectivity index (χ1n) is 10.2. The van der Waals surface area contributed by atoms with Crippen molar-refractivity contribution in [2.24, 2.45) is 10.7 Å². The SMILES string of the molecule is CN=C(N)/C=C\Nc1cccc(C(F)(F)F)c1.Nc1ccc(N2CCCCC2)cc1C=O. The van der Waals surface area contributed by atoms with Crippen LogP contribution in [0.3, 0.4) is 0 Å².